The second kappa shape index (κ2) is 10.5. The van der Waals surface area contributed by atoms with E-state index in [2.05, 4.69) is 15.3 Å². The molecule has 0 atom stereocenters. The maximum Gasteiger partial charge on any atom is 0.238 e. The molecule has 0 unspecified atom stereocenters. The minimum Gasteiger partial charge on any atom is -0.497 e. The van der Waals surface area contributed by atoms with Gasteiger partial charge in [-0.25, -0.2) is 4.98 Å². The number of rotatable bonds is 10. The summed E-state index contributed by atoms with van der Waals surface area (Å²) >= 11 is 1.60. The predicted molar refractivity (Wildman–Crippen MR) is 112 cm³/mol. The molecule has 3 aromatic rings. The highest BCUT2D eigenvalue weighted by atomic mass is 32.1. The second-order valence-corrected chi connectivity index (χ2v) is 7.41. The van der Waals surface area contributed by atoms with Gasteiger partial charge in [0.25, 0.3) is 0 Å². The maximum absolute atomic E-state index is 12.2. The summed E-state index contributed by atoms with van der Waals surface area (Å²) in [6.45, 7) is 1.83. The van der Waals surface area contributed by atoms with E-state index < -0.39 is 0 Å². The van der Waals surface area contributed by atoms with E-state index in [0.717, 1.165) is 16.3 Å². The van der Waals surface area contributed by atoms with Crippen molar-refractivity contribution in [3.63, 3.8) is 0 Å². The Labute approximate surface area is 174 Å². The first-order valence-corrected chi connectivity index (χ1v) is 10.1. The number of ether oxygens (including phenoxy) is 2. The third kappa shape index (κ3) is 6.55. The van der Waals surface area contributed by atoms with Gasteiger partial charge in [0.15, 0.2) is 0 Å². The monoisotopic (exact) mass is 412 g/mol. The van der Waals surface area contributed by atoms with Crippen molar-refractivity contribution in [2.45, 2.75) is 13.0 Å². The number of benzene rings is 1. The van der Waals surface area contributed by atoms with E-state index >= 15 is 0 Å². The van der Waals surface area contributed by atoms with Gasteiger partial charge in [-0.05, 0) is 35.7 Å². The van der Waals surface area contributed by atoms with Crippen molar-refractivity contribution in [1.82, 2.24) is 20.2 Å². The van der Waals surface area contributed by atoms with Crippen molar-refractivity contribution >= 4 is 17.2 Å². The number of hydrogen-bond acceptors (Lipinski definition) is 7. The summed E-state index contributed by atoms with van der Waals surface area (Å²) in [5.41, 5.74) is 0.767. The standard InChI is InChI=1S/C21H24N4O3S/c1-25(21(26)12-19-4-3-11-29-19)10-9-22-13-16-14-23-15-20(24-16)28-18-7-5-17(27-2)6-8-18/h3-8,11,14-15,22H,9-10,12-13H2,1-2H3. The number of carbonyl (C=O) groups is 1. The molecule has 8 heteroatoms. The van der Waals surface area contributed by atoms with Gasteiger partial charge in [0.05, 0.1) is 25.4 Å². The molecule has 7 nitrogen and oxygen atoms in total. The first kappa shape index (κ1) is 20.8. The molecule has 29 heavy (non-hydrogen) atoms. The van der Waals surface area contributed by atoms with E-state index in [1.54, 1.807) is 35.7 Å². The van der Waals surface area contributed by atoms with Crippen LogP contribution in [0.5, 0.6) is 17.4 Å². The summed E-state index contributed by atoms with van der Waals surface area (Å²) in [5, 5.41) is 5.27. The number of aromatic nitrogens is 2. The highest BCUT2D eigenvalue weighted by Gasteiger charge is 2.10. The zero-order valence-corrected chi connectivity index (χ0v) is 17.3. The third-order valence-electron chi connectivity index (χ3n) is 4.21. The summed E-state index contributed by atoms with van der Waals surface area (Å²) in [7, 11) is 3.44. The molecule has 0 saturated heterocycles. The van der Waals surface area contributed by atoms with Crippen LogP contribution in [0.4, 0.5) is 0 Å². The fraction of sp³-hybridized carbons (Fsp3) is 0.286. The largest absolute Gasteiger partial charge is 0.497 e. The number of methoxy groups -OCH3 is 1. The average Bonchev–Trinajstić information content (AvgIpc) is 3.25. The Kier molecular flexibility index (Phi) is 7.54. The molecule has 1 amide bonds. The van der Waals surface area contributed by atoms with E-state index in [1.165, 1.54) is 0 Å². The molecule has 0 radical (unpaired) electrons. The highest BCUT2D eigenvalue weighted by molar-refractivity contribution is 7.10. The fourth-order valence-corrected chi connectivity index (χ4v) is 3.27. The SMILES string of the molecule is COc1ccc(Oc2cncc(CNCCN(C)C(=O)Cc3cccs3)n2)cc1. The van der Waals surface area contributed by atoms with Crippen LogP contribution in [0.1, 0.15) is 10.6 Å². The smallest absolute Gasteiger partial charge is 0.238 e. The molecule has 1 N–H and O–H groups in total. The maximum atomic E-state index is 12.2. The van der Waals surface area contributed by atoms with E-state index in [0.29, 0.717) is 37.7 Å². The van der Waals surface area contributed by atoms with Crippen LogP contribution >= 0.6 is 11.3 Å². The van der Waals surface area contributed by atoms with Gasteiger partial charge < -0.3 is 19.7 Å². The van der Waals surface area contributed by atoms with Gasteiger partial charge in [-0.3, -0.25) is 9.78 Å². The van der Waals surface area contributed by atoms with Gasteiger partial charge in [-0.1, -0.05) is 6.07 Å². The van der Waals surface area contributed by atoms with Crippen LogP contribution in [0.3, 0.4) is 0 Å². The summed E-state index contributed by atoms with van der Waals surface area (Å²) in [5.74, 6) is 1.97. The molecule has 0 aliphatic heterocycles. The molecular formula is C21H24N4O3S. The number of hydrogen-bond donors (Lipinski definition) is 1. The Bertz CT molecular complexity index is 901. The zero-order valence-electron chi connectivity index (χ0n) is 16.5. The Hall–Kier alpha value is -2.97. The van der Waals surface area contributed by atoms with Crippen LogP contribution in [0.2, 0.25) is 0 Å². The number of thiophene rings is 1. The van der Waals surface area contributed by atoms with Crippen LogP contribution in [0, 0.1) is 0 Å². The van der Waals surface area contributed by atoms with Crippen molar-refractivity contribution in [2.75, 3.05) is 27.2 Å². The lowest BCUT2D eigenvalue weighted by Gasteiger charge is -2.17. The molecule has 152 valence electrons. The summed E-state index contributed by atoms with van der Waals surface area (Å²) < 4.78 is 10.9. The van der Waals surface area contributed by atoms with Gasteiger partial charge in [-0.2, -0.15) is 0 Å². The number of amides is 1. The zero-order chi connectivity index (χ0) is 20.5. The molecule has 0 saturated carbocycles. The number of carbonyl (C=O) groups excluding carboxylic acids is 1. The van der Waals surface area contributed by atoms with Crippen LogP contribution in [-0.2, 0) is 17.8 Å². The molecule has 2 heterocycles. The lowest BCUT2D eigenvalue weighted by molar-refractivity contribution is -0.129. The first-order chi connectivity index (χ1) is 14.1. The molecule has 0 fully saturated rings. The highest BCUT2D eigenvalue weighted by Crippen LogP contribution is 2.21. The quantitative estimate of drug-likeness (QED) is 0.516. The Morgan fingerprint density at radius 1 is 1.17 bits per heavy atom. The third-order valence-corrected chi connectivity index (χ3v) is 5.08. The summed E-state index contributed by atoms with van der Waals surface area (Å²) in [6.07, 6.45) is 3.72. The van der Waals surface area contributed by atoms with Gasteiger partial charge in [0, 0.05) is 37.8 Å². The first-order valence-electron chi connectivity index (χ1n) is 9.24. The van der Waals surface area contributed by atoms with E-state index in [-0.39, 0.29) is 5.91 Å². The number of likely N-dealkylation sites (N-methyl/N-ethyl adjacent to an activating group) is 1. The van der Waals surface area contributed by atoms with Gasteiger partial charge in [0.1, 0.15) is 11.5 Å². The summed E-state index contributed by atoms with van der Waals surface area (Å²) in [4.78, 5) is 23.6. The molecule has 2 aromatic heterocycles. The van der Waals surface area contributed by atoms with E-state index in [9.17, 15) is 4.79 Å². The van der Waals surface area contributed by atoms with E-state index in [4.69, 9.17) is 9.47 Å². The normalized spacial score (nSPS) is 10.6. The van der Waals surface area contributed by atoms with Crippen molar-refractivity contribution in [1.29, 1.82) is 0 Å². The van der Waals surface area contributed by atoms with Gasteiger partial charge in [-0.15, -0.1) is 11.3 Å². The van der Waals surface area contributed by atoms with Crippen LogP contribution in [0.25, 0.3) is 0 Å². The minimum atomic E-state index is 0.115. The minimum absolute atomic E-state index is 0.115. The summed E-state index contributed by atoms with van der Waals surface area (Å²) in [6, 6.07) is 11.2. The van der Waals surface area contributed by atoms with Crippen molar-refractivity contribution < 1.29 is 14.3 Å². The molecule has 0 aliphatic carbocycles. The lowest BCUT2D eigenvalue weighted by atomic mass is 10.3. The molecule has 1 aromatic carbocycles. The van der Waals surface area contributed by atoms with Crippen LogP contribution < -0.4 is 14.8 Å². The number of nitrogens with zero attached hydrogens (tertiary/aromatic N) is 3. The fourth-order valence-electron chi connectivity index (χ4n) is 2.57. The van der Waals surface area contributed by atoms with Crippen LogP contribution in [0.15, 0.2) is 54.2 Å². The molecule has 0 spiro atoms. The van der Waals surface area contributed by atoms with Crippen LogP contribution in [-0.4, -0.2) is 48.0 Å². The Morgan fingerprint density at radius 2 is 1.97 bits per heavy atom. The van der Waals surface area contributed by atoms with Crippen molar-refractivity contribution in [2.24, 2.45) is 0 Å². The van der Waals surface area contributed by atoms with E-state index in [1.807, 2.05) is 48.8 Å². The van der Waals surface area contributed by atoms with Crippen molar-refractivity contribution in [3.8, 4) is 17.4 Å². The Balaban J connectivity index is 1.42. The molecule has 0 aliphatic rings. The van der Waals surface area contributed by atoms with Gasteiger partial charge in [0.2, 0.25) is 11.8 Å². The lowest BCUT2D eigenvalue weighted by Crippen LogP contribution is -2.34. The average molecular weight is 413 g/mol. The Morgan fingerprint density at radius 3 is 2.69 bits per heavy atom. The number of nitrogens with one attached hydrogen (secondary N) is 1. The van der Waals surface area contributed by atoms with Gasteiger partial charge >= 0.3 is 0 Å². The molecule has 3 rings (SSSR count). The second-order valence-electron chi connectivity index (χ2n) is 6.37. The predicted octanol–water partition coefficient (Wildman–Crippen LogP) is 3.13. The topological polar surface area (TPSA) is 76.6 Å². The molecule has 0 bridgehead atoms. The molecular weight excluding hydrogens is 388 g/mol. The van der Waals surface area contributed by atoms with Crippen molar-refractivity contribution in [3.05, 3.63) is 64.7 Å².